The summed E-state index contributed by atoms with van der Waals surface area (Å²) in [6.45, 7) is 1.48. The van der Waals surface area contributed by atoms with Crippen molar-refractivity contribution in [3.63, 3.8) is 0 Å². The van der Waals surface area contributed by atoms with E-state index in [1.54, 1.807) is 0 Å². The number of anilines is 1. The average molecular weight is 271 g/mol. The molecule has 1 fully saturated rings. The van der Waals surface area contributed by atoms with Crippen LogP contribution in [0.5, 0.6) is 0 Å². The maximum Gasteiger partial charge on any atom is 0.346 e. The summed E-state index contributed by atoms with van der Waals surface area (Å²) in [5.41, 5.74) is 0.226. The third-order valence-electron chi connectivity index (χ3n) is 3.09. The van der Waals surface area contributed by atoms with Crippen LogP contribution < -0.4 is 11.0 Å². The van der Waals surface area contributed by atoms with Gasteiger partial charge in [-0.3, -0.25) is 0 Å². The number of H-pyrrole nitrogens is 1. The highest BCUT2D eigenvalue weighted by Gasteiger charge is 2.42. The number of aliphatic hydroxyl groups excluding tert-OH is 3. The van der Waals surface area contributed by atoms with Crippen LogP contribution in [0.4, 0.5) is 5.82 Å². The molecule has 0 aliphatic carbocycles. The molecule has 0 radical (unpaired) electrons. The van der Waals surface area contributed by atoms with Gasteiger partial charge in [0, 0.05) is 11.8 Å². The fourth-order valence-corrected chi connectivity index (χ4v) is 1.97. The van der Waals surface area contributed by atoms with Crippen LogP contribution in [0.25, 0.3) is 0 Å². The molecule has 2 rings (SSSR count). The van der Waals surface area contributed by atoms with Crippen molar-refractivity contribution in [2.75, 3.05) is 11.9 Å². The van der Waals surface area contributed by atoms with Crippen molar-refractivity contribution in [2.45, 2.75) is 37.9 Å². The smallest absolute Gasteiger partial charge is 0.346 e. The first-order valence-corrected chi connectivity index (χ1v) is 6.04. The van der Waals surface area contributed by atoms with E-state index in [1.165, 1.54) is 6.20 Å². The quantitative estimate of drug-likeness (QED) is 0.436. The SMILES string of the molecule is CCc1c[nH]c(=O)nc1N[C@@H]1O[C@H](CO)[C@H](O)[C@H]1O. The molecule has 0 saturated carbocycles. The van der Waals surface area contributed by atoms with E-state index in [1.807, 2.05) is 6.92 Å². The highest BCUT2D eigenvalue weighted by atomic mass is 16.6. The molecule has 0 aromatic carbocycles. The van der Waals surface area contributed by atoms with Gasteiger partial charge in [-0.2, -0.15) is 4.98 Å². The summed E-state index contributed by atoms with van der Waals surface area (Å²) >= 11 is 0. The Morgan fingerprint density at radius 3 is 2.79 bits per heavy atom. The molecular weight excluding hydrogens is 254 g/mol. The molecule has 0 amide bonds. The third kappa shape index (κ3) is 2.76. The number of hydrogen-bond donors (Lipinski definition) is 5. The van der Waals surface area contributed by atoms with Crippen LogP contribution in [-0.2, 0) is 11.2 Å². The molecule has 8 nitrogen and oxygen atoms in total. The van der Waals surface area contributed by atoms with Crippen LogP contribution in [0, 0.1) is 0 Å². The molecule has 0 spiro atoms. The zero-order chi connectivity index (χ0) is 14.0. The van der Waals surface area contributed by atoms with Crippen molar-refractivity contribution in [1.29, 1.82) is 0 Å². The highest BCUT2D eigenvalue weighted by molar-refractivity contribution is 5.43. The topological polar surface area (TPSA) is 128 Å². The molecule has 1 aliphatic heterocycles. The van der Waals surface area contributed by atoms with E-state index < -0.39 is 36.8 Å². The van der Waals surface area contributed by atoms with Crippen LogP contribution in [-0.4, -0.2) is 56.4 Å². The molecular formula is C11H17N3O5. The first kappa shape index (κ1) is 13.9. The summed E-state index contributed by atoms with van der Waals surface area (Å²) < 4.78 is 5.27. The van der Waals surface area contributed by atoms with Crippen molar-refractivity contribution in [3.05, 3.63) is 22.2 Å². The van der Waals surface area contributed by atoms with Crippen molar-refractivity contribution < 1.29 is 20.1 Å². The summed E-state index contributed by atoms with van der Waals surface area (Å²) in [5, 5.41) is 31.2. The fourth-order valence-electron chi connectivity index (χ4n) is 1.97. The van der Waals surface area contributed by atoms with Gasteiger partial charge < -0.3 is 30.4 Å². The van der Waals surface area contributed by atoms with E-state index in [-0.39, 0.29) is 0 Å². The van der Waals surface area contributed by atoms with E-state index in [2.05, 4.69) is 15.3 Å². The number of aromatic amines is 1. The Balaban J connectivity index is 2.18. The van der Waals surface area contributed by atoms with Gasteiger partial charge in [-0.05, 0) is 6.42 Å². The lowest BCUT2D eigenvalue weighted by Gasteiger charge is -2.18. The van der Waals surface area contributed by atoms with E-state index >= 15 is 0 Å². The van der Waals surface area contributed by atoms with Crippen molar-refractivity contribution >= 4 is 5.82 Å². The maximum absolute atomic E-state index is 11.2. The van der Waals surface area contributed by atoms with Crippen molar-refractivity contribution in [1.82, 2.24) is 9.97 Å². The van der Waals surface area contributed by atoms with E-state index in [0.29, 0.717) is 12.2 Å². The monoisotopic (exact) mass is 271 g/mol. The van der Waals surface area contributed by atoms with Crippen LogP contribution in [0.15, 0.2) is 11.0 Å². The molecule has 5 N–H and O–H groups in total. The van der Waals surface area contributed by atoms with E-state index in [4.69, 9.17) is 9.84 Å². The zero-order valence-electron chi connectivity index (χ0n) is 10.4. The predicted octanol–water partition coefficient (Wildman–Crippen LogP) is -1.82. The number of aryl methyl sites for hydroxylation is 1. The zero-order valence-corrected chi connectivity index (χ0v) is 10.4. The van der Waals surface area contributed by atoms with Gasteiger partial charge in [0.25, 0.3) is 0 Å². The number of ether oxygens (including phenoxy) is 1. The van der Waals surface area contributed by atoms with Crippen LogP contribution >= 0.6 is 0 Å². The van der Waals surface area contributed by atoms with Gasteiger partial charge >= 0.3 is 5.69 Å². The minimum Gasteiger partial charge on any atom is -0.394 e. The van der Waals surface area contributed by atoms with Gasteiger partial charge in [-0.25, -0.2) is 4.79 Å². The van der Waals surface area contributed by atoms with Crippen LogP contribution in [0.3, 0.4) is 0 Å². The lowest BCUT2D eigenvalue weighted by atomic mass is 10.1. The van der Waals surface area contributed by atoms with Gasteiger partial charge in [0.05, 0.1) is 6.61 Å². The molecule has 1 aromatic rings. The van der Waals surface area contributed by atoms with Gasteiger partial charge in [0.15, 0.2) is 6.23 Å². The summed E-state index contributed by atoms with van der Waals surface area (Å²) in [6.07, 6.45) is -2.02. The molecule has 8 heteroatoms. The molecule has 1 aromatic heterocycles. The normalized spacial score (nSPS) is 30.5. The molecule has 0 bridgehead atoms. The van der Waals surface area contributed by atoms with Gasteiger partial charge in [-0.1, -0.05) is 6.92 Å². The van der Waals surface area contributed by atoms with Crippen LogP contribution in [0.1, 0.15) is 12.5 Å². The Hall–Kier alpha value is -1.48. The Bertz CT molecular complexity index is 491. The largest absolute Gasteiger partial charge is 0.394 e. The molecule has 106 valence electrons. The average Bonchev–Trinajstić information content (AvgIpc) is 2.67. The Labute approximate surface area is 109 Å². The first-order valence-electron chi connectivity index (χ1n) is 6.04. The number of hydrogen-bond acceptors (Lipinski definition) is 7. The summed E-state index contributed by atoms with van der Waals surface area (Å²) in [4.78, 5) is 17.4. The Morgan fingerprint density at radius 1 is 1.47 bits per heavy atom. The maximum atomic E-state index is 11.2. The molecule has 1 saturated heterocycles. The second-order valence-corrected chi connectivity index (χ2v) is 4.34. The number of nitrogens with zero attached hydrogens (tertiary/aromatic N) is 1. The van der Waals surface area contributed by atoms with Crippen molar-refractivity contribution in [3.8, 4) is 0 Å². The fraction of sp³-hybridized carbons (Fsp3) is 0.636. The predicted molar refractivity (Wildman–Crippen MR) is 65.6 cm³/mol. The molecule has 19 heavy (non-hydrogen) atoms. The number of aliphatic hydroxyl groups is 3. The minimum atomic E-state index is -1.21. The molecule has 0 unspecified atom stereocenters. The second-order valence-electron chi connectivity index (χ2n) is 4.34. The lowest BCUT2D eigenvalue weighted by molar-refractivity contribution is -0.0154. The standard InChI is InChI=1S/C11H17N3O5/c1-2-5-3-12-11(18)14-9(5)13-10-8(17)7(16)6(4-15)19-10/h3,6-8,10,15-17H,2,4H2,1H3,(H2,12,13,14,18)/t6-,7+,8-,10-/m1/s1. The summed E-state index contributed by atoms with van der Waals surface area (Å²) in [5.74, 6) is 0.293. The van der Waals surface area contributed by atoms with Gasteiger partial charge in [0.1, 0.15) is 24.1 Å². The minimum absolute atomic E-state index is 0.293. The summed E-state index contributed by atoms with van der Waals surface area (Å²) in [7, 11) is 0. The van der Waals surface area contributed by atoms with Crippen molar-refractivity contribution in [2.24, 2.45) is 0 Å². The number of nitrogens with one attached hydrogen (secondary N) is 2. The second kappa shape index (κ2) is 5.66. The highest BCUT2D eigenvalue weighted by Crippen LogP contribution is 2.23. The molecule has 2 heterocycles. The number of rotatable bonds is 4. The van der Waals surface area contributed by atoms with Crippen LogP contribution in [0.2, 0.25) is 0 Å². The van der Waals surface area contributed by atoms with E-state index in [9.17, 15) is 15.0 Å². The molecule has 4 atom stereocenters. The third-order valence-corrected chi connectivity index (χ3v) is 3.09. The summed E-state index contributed by atoms with van der Waals surface area (Å²) in [6, 6.07) is 0. The van der Waals surface area contributed by atoms with E-state index in [0.717, 1.165) is 5.56 Å². The first-order chi connectivity index (χ1) is 9.06. The van der Waals surface area contributed by atoms with Gasteiger partial charge in [0.2, 0.25) is 0 Å². The Kier molecular flexibility index (Phi) is 4.15. The number of aromatic nitrogens is 2. The van der Waals surface area contributed by atoms with Gasteiger partial charge in [-0.15, -0.1) is 0 Å². The Morgan fingerprint density at radius 2 is 2.21 bits per heavy atom. The lowest BCUT2D eigenvalue weighted by Crippen LogP contribution is -2.37. The molecule has 1 aliphatic rings.